The van der Waals surface area contributed by atoms with Gasteiger partial charge in [-0.1, -0.05) is 30.0 Å². The van der Waals surface area contributed by atoms with Crippen molar-refractivity contribution in [1.29, 1.82) is 0 Å². The number of carbonyl (C=O) groups excluding carboxylic acids is 1. The maximum atomic E-state index is 12.7. The van der Waals surface area contributed by atoms with Crippen molar-refractivity contribution in [2.75, 3.05) is 25.4 Å². The summed E-state index contributed by atoms with van der Waals surface area (Å²) in [6, 6.07) is 8.88. The first-order valence-electron chi connectivity index (χ1n) is 8.78. The number of nitrogen functional groups attached to an aromatic ring is 1. The molecule has 30 heavy (non-hydrogen) atoms. The van der Waals surface area contributed by atoms with Crippen LogP contribution in [0.5, 0.6) is 0 Å². The number of aromatic nitrogens is 4. The van der Waals surface area contributed by atoms with Crippen molar-refractivity contribution < 1.29 is 17.9 Å². The Bertz CT molecular complexity index is 1440. The van der Waals surface area contributed by atoms with Crippen LogP contribution in [-0.2, 0) is 21.8 Å². The van der Waals surface area contributed by atoms with Gasteiger partial charge in [0, 0.05) is 12.4 Å². The summed E-state index contributed by atoms with van der Waals surface area (Å²) in [6.07, 6.45) is 2.94. The Balaban J connectivity index is 2.21. The summed E-state index contributed by atoms with van der Waals surface area (Å²) in [4.78, 5) is 21.4. The fourth-order valence-corrected chi connectivity index (χ4v) is 4.98. The number of thioether (sulfide) groups is 1. The van der Waals surface area contributed by atoms with Crippen LogP contribution < -0.4 is 5.73 Å². The third-order valence-electron chi connectivity index (χ3n) is 4.85. The minimum absolute atomic E-state index is 0.128. The molecule has 0 radical (unpaired) electrons. The van der Waals surface area contributed by atoms with E-state index < -0.39 is 16.0 Å². The number of anilines is 1. The lowest BCUT2D eigenvalue weighted by atomic mass is 10.1. The van der Waals surface area contributed by atoms with Crippen LogP contribution in [0.4, 0.5) is 5.69 Å². The summed E-state index contributed by atoms with van der Waals surface area (Å²) in [6.45, 7) is 0. The van der Waals surface area contributed by atoms with Crippen LogP contribution in [0.1, 0.15) is 10.5 Å². The fraction of sp³-hybridized carbons (Fsp3) is 0.211. The van der Waals surface area contributed by atoms with Gasteiger partial charge in [-0.25, -0.2) is 27.2 Å². The van der Waals surface area contributed by atoms with Gasteiger partial charge in [0.1, 0.15) is 11.3 Å². The molecule has 3 heterocycles. The number of carbonyl (C=O) groups is 1. The molecule has 0 spiro atoms. The van der Waals surface area contributed by atoms with E-state index in [2.05, 4.69) is 9.97 Å². The summed E-state index contributed by atoms with van der Waals surface area (Å²) >= 11 is 1.30. The molecular formula is C19H19N5O4S2. The van der Waals surface area contributed by atoms with E-state index >= 15 is 0 Å². The van der Waals surface area contributed by atoms with Gasteiger partial charge in [0.15, 0.2) is 10.9 Å². The van der Waals surface area contributed by atoms with Gasteiger partial charge in [0.05, 0.1) is 35.6 Å². The lowest BCUT2D eigenvalue weighted by Crippen LogP contribution is -2.12. The van der Waals surface area contributed by atoms with Crippen molar-refractivity contribution in [2.24, 2.45) is 7.05 Å². The van der Waals surface area contributed by atoms with Crippen molar-refractivity contribution in [3.05, 3.63) is 36.0 Å². The van der Waals surface area contributed by atoms with Gasteiger partial charge in [0.2, 0.25) is 10.0 Å². The van der Waals surface area contributed by atoms with Crippen molar-refractivity contribution in [2.45, 2.75) is 5.16 Å². The topological polar surface area (TPSA) is 122 Å². The second-order valence-electron chi connectivity index (χ2n) is 6.69. The Morgan fingerprint density at radius 1 is 1.23 bits per heavy atom. The van der Waals surface area contributed by atoms with Crippen LogP contribution >= 0.6 is 11.8 Å². The molecule has 0 bridgehead atoms. The smallest absolute Gasteiger partial charge is 0.356 e. The zero-order chi connectivity index (χ0) is 21.8. The van der Waals surface area contributed by atoms with Crippen molar-refractivity contribution in [3.63, 3.8) is 0 Å². The van der Waals surface area contributed by atoms with E-state index in [0.29, 0.717) is 33.1 Å². The highest BCUT2D eigenvalue weighted by Crippen LogP contribution is 2.38. The van der Waals surface area contributed by atoms with Gasteiger partial charge < -0.3 is 15.0 Å². The third kappa shape index (κ3) is 2.92. The molecule has 0 aliphatic heterocycles. The van der Waals surface area contributed by atoms with Crippen LogP contribution in [0.3, 0.4) is 0 Å². The Labute approximate surface area is 176 Å². The van der Waals surface area contributed by atoms with E-state index in [9.17, 15) is 13.2 Å². The number of aryl methyl sites for hydroxylation is 1. The van der Waals surface area contributed by atoms with E-state index in [1.54, 1.807) is 25.2 Å². The highest BCUT2D eigenvalue weighted by Gasteiger charge is 2.28. The van der Waals surface area contributed by atoms with E-state index in [0.717, 1.165) is 11.6 Å². The minimum atomic E-state index is -3.68. The van der Waals surface area contributed by atoms with Gasteiger partial charge in [-0.3, -0.25) is 0 Å². The van der Waals surface area contributed by atoms with Crippen LogP contribution in [0.15, 0.2) is 35.5 Å². The van der Waals surface area contributed by atoms with Gasteiger partial charge in [0.25, 0.3) is 0 Å². The molecule has 0 aliphatic carbocycles. The molecule has 0 aliphatic rings. The number of nitrogens with zero attached hydrogens (tertiary/aromatic N) is 4. The number of methoxy groups -OCH3 is 1. The van der Waals surface area contributed by atoms with Gasteiger partial charge in [-0.15, -0.1) is 0 Å². The van der Waals surface area contributed by atoms with E-state index in [1.807, 2.05) is 18.4 Å². The predicted molar refractivity (Wildman–Crippen MR) is 117 cm³/mol. The van der Waals surface area contributed by atoms with E-state index in [1.165, 1.54) is 27.4 Å². The molecule has 9 nitrogen and oxygen atoms in total. The zero-order valence-electron chi connectivity index (χ0n) is 16.7. The van der Waals surface area contributed by atoms with Crippen LogP contribution in [0, 0.1) is 0 Å². The standard InChI is InChI=1S/C19H19N5O4S2/c1-23-16(18(25)28-2)14(20)13-15(21-19(29-3)22-17(13)23)12-9-10-7-5-6-8-11(10)24(12)30(4,26)27/h5-9H,20H2,1-4H3. The molecule has 0 atom stereocenters. The number of para-hydroxylation sites is 1. The van der Waals surface area contributed by atoms with E-state index in [-0.39, 0.29) is 11.4 Å². The predicted octanol–water partition coefficient (Wildman–Crippen LogP) is 2.49. The Kier molecular flexibility index (Phi) is 4.74. The Morgan fingerprint density at radius 2 is 1.93 bits per heavy atom. The first-order chi connectivity index (χ1) is 14.2. The number of rotatable bonds is 4. The molecule has 11 heteroatoms. The summed E-state index contributed by atoms with van der Waals surface area (Å²) in [5.41, 5.74) is 8.20. The lowest BCUT2D eigenvalue weighted by molar-refractivity contribution is 0.0591. The first-order valence-corrected chi connectivity index (χ1v) is 11.9. The molecule has 0 amide bonds. The quantitative estimate of drug-likeness (QED) is 0.289. The Hall–Kier alpha value is -3.05. The Morgan fingerprint density at radius 3 is 2.57 bits per heavy atom. The highest BCUT2D eigenvalue weighted by molar-refractivity contribution is 7.98. The number of fused-ring (bicyclic) bond motifs is 2. The highest BCUT2D eigenvalue weighted by atomic mass is 32.2. The molecule has 156 valence electrons. The summed E-state index contributed by atoms with van der Waals surface area (Å²) < 4.78 is 33.0. The monoisotopic (exact) mass is 445 g/mol. The number of hydrogen-bond donors (Lipinski definition) is 1. The molecule has 0 unspecified atom stereocenters. The summed E-state index contributed by atoms with van der Waals surface area (Å²) in [7, 11) is -0.765. The average Bonchev–Trinajstić information content (AvgIpc) is 3.22. The van der Waals surface area contributed by atoms with Crippen LogP contribution in [-0.4, -0.2) is 52.5 Å². The molecule has 0 saturated carbocycles. The van der Waals surface area contributed by atoms with Gasteiger partial charge >= 0.3 is 5.97 Å². The number of ether oxygens (including phenoxy) is 1. The number of esters is 1. The average molecular weight is 446 g/mol. The summed E-state index contributed by atoms with van der Waals surface area (Å²) in [5, 5.41) is 1.54. The van der Waals surface area contributed by atoms with Gasteiger partial charge in [-0.2, -0.15) is 0 Å². The summed E-state index contributed by atoms with van der Waals surface area (Å²) in [5.74, 6) is -0.617. The zero-order valence-corrected chi connectivity index (χ0v) is 18.3. The van der Waals surface area contributed by atoms with Gasteiger partial charge in [-0.05, 0) is 18.4 Å². The van der Waals surface area contributed by atoms with Crippen molar-refractivity contribution >= 4 is 55.4 Å². The number of benzene rings is 1. The molecule has 0 fully saturated rings. The molecule has 3 aromatic heterocycles. The molecule has 0 saturated heterocycles. The maximum Gasteiger partial charge on any atom is 0.356 e. The fourth-order valence-electron chi connectivity index (χ4n) is 3.60. The van der Waals surface area contributed by atoms with Crippen molar-refractivity contribution in [1.82, 2.24) is 18.5 Å². The molecular weight excluding hydrogens is 426 g/mol. The second-order valence-corrected chi connectivity index (χ2v) is 9.29. The molecule has 1 aromatic carbocycles. The van der Waals surface area contributed by atoms with Crippen LogP contribution in [0.2, 0.25) is 0 Å². The SMILES string of the molecule is COC(=O)c1c(N)c2c(-c3cc4ccccc4n3S(C)(=O)=O)nc(SC)nc2n1C. The lowest BCUT2D eigenvalue weighted by Gasteiger charge is -2.10. The maximum absolute atomic E-state index is 12.7. The number of nitrogens with two attached hydrogens (primary N) is 1. The minimum Gasteiger partial charge on any atom is -0.464 e. The molecule has 4 rings (SSSR count). The first kappa shape index (κ1) is 20.2. The van der Waals surface area contributed by atoms with Crippen molar-refractivity contribution in [3.8, 4) is 11.4 Å². The third-order valence-corrected chi connectivity index (χ3v) is 6.45. The molecule has 2 N–H and O–H groups in total. The van der Waals surface area contributed by atoms with E-state index in [4.69, 9.17) is 10.5 Å². The number of hydrogen-bond acceptors (Lipinski definition) is 8. The van der Waals surface area contributed by atoms with Crippen LogP contribution in [0.25, 0.3) is 33.3 Å². The normalized spacial score (nSPS) is 12.0. The molecule has 4 aromatic rings. The second kappa shape index (κ2) is 7.03. The largest absolute Gasteiger partial charge is 0.464 e.